The molecule has 124 valence electrons. The highest BCUT2D eigenvalue weighted by Gasteiger charge is 2.40. The molecular formula is C19H26N2O2. The minimum atomic E-state index is -0.251. The number of hydrogen-bond acceptors (Lipinski definition) is 2. The van der Waals surface area contributed by atoms with Crippen LogP contribution >= 0.6 is 0 Å². The fraction of sp³-hybridized carbons (Fsp3) is 0.526. The van der Waals surface area contributed by atoms with Crippen molar-refractivity contribution in [2.45, 2.75) is 50.9 Å². The third kappa shape index (κ3) is 2.82. The maximum Gasteiger partial charge on any atom is 0.218 e. The Morgan fingerprint density at radius 2 is 2.09 bits per heavy atom. The van der Waals surface area contributed by atoms with Crippen molar-refractivity contribution in [3.63, 3.8) is 0 Å². The second kappa shape index (κ2) is 6.26. The quantitative estimate of drug-likeness (QED) is 0.879. The Bertz CT molecular complexity index is 700. The van der Waals surface area contributed by atoms with Gasteiger partial charge in [-0.1, -0.05) is 32.3 Å². The molecule has 1 aliphatic rings. The van der Waals surface area contributed by atoms with Crippen LogP contribution in [0.2, 0.25) is 0 Å². The first-order valence-corrected chi connectivity index (χ1v) is 8.49. The predicted octanol–water partition coefficient (Wildman–Crippen LogP) is 3.89. The number of amides is 1. The lowest BCUT2D eigenvalue weighted by Crippen LogP contribution is -2.37. The number of ether oxygens (including phenoxy) is 1. The van der Waals surface area contributed by atoms with Crippen molar-refractivity contribution in [2.24, 2.45) is 11.7 Å². The number of aromatic nitrogens is 1. The molecule has 23 heavy (non-hydrogen) atoms. The Morgan fingerprint density at radius 1 is 1.35 bits per heavy atom. The first kappa shape index (κ1) is 15.9. The Morgan fingerprint density at radius 3 is 2.74 bits per heavy atom. The van der Waals surface area contributed by atoms with Crippen molar-refractivity contribution in [3.05, 3.63) is 30.0 Å². The van der Waals surface area contributed by atoms with E-state index >= 15 is 0 Å². The average Bonchev–Trinajstić information content (AvgIpc) is 2.99. The molecule has 0 bridgehead atoms. The number of methoxy groups -OCH3 is 1. The zero-order valence-corrected chi connectivity index (χ0v) is 14.0. The summed E-state index contributed by atoms with van der Waals surface area (Å²) in [6.07, 6.45) is 8.50. The lowest BCUT2D eigenvalue weighted by molar-refractivity contribution is -0.119. The first-order valence-electron chi connectivity index (χ1n) is 8.49. The van der Waals surface area contributed by atoms with E-state index in [0.29, 0.717) is 12.3 Å². The van der Waals surface area contributed by atoms with Crippen LogP contribution in [0.3, 0.4) is 0 Å². The summed E-state index contributed by atoms with van der Waals surface area (Å²) in [4.78, 5) is 15.2. The van der Waals surface area contributed by atoms with Crippen LogP contribution in [-0.2, 0) is 10.2 Å². The second-order valence-electron chi connectivity index (χ2n) is 6.98. The number of rotatable bonds is 5. The molecule has 3 N–H and O–H groups in total. The third-order valence-electron chi connectivity index (χ3n) is 5.55. The molecule has 1 fully saturated rings. The molecule has 1 aromatic heterocycles. The normalized spacial score (nSPS) is 18.7. The molecule has 2 aromatic rings. The van der Waals surface area contributed by atoms with Crippen molar-refractivity contribution in [3.8, 4) is 5.75 Å². The smallest absolute Gasteiger partial charge is 0.218 e. The van der Waals surface area contributed by atoms with Crippen LogP contribution in [0.25, 0.3) is 10.9 Å². The van der Waals surface area contributed by atoms with Crippen LogP contribution < -0.4 is 10.5 Å². The van der Waals surface area contributed by atoms with Crippen LogP contribution in [0.4, 0.5) is 0 Å². The van der Waals surface area contributed by atoms with E-state index in [4.69, 9.17) is 10.5 Å². The number of H-pyrrole nitrogens is 1. The van der Waals surface area contributed by atoms with Gasteiger partial charge >= 0.3 is 0 Å². The molecule has 4 nitrogen and oxygen atoms in total. The fourth-order valence-electron chi connectivity index (χ4n) is 4.33. The number of carbonyl (C=O) groups excluding carboxylic acids is 1. The summed E-state index contributed by atoms with van der Waals surface area (Å²) in [6.45, 7) is 2.20. The number of nitrogens with two attached hydrogens (primary N) is 1. The number of benzene rings is 1. The van der Waals surface area contributed by atoms with E-state index in [1.165, 1.54) is 19.3 Å². The average molecular weight is 314 g/mol. The van der Waals surface area contributed by atoms with Gasteiger partial charge < -0.3 is 15.5 Å². The number of fused-ring (bicyclic) bond motifs is 1. The highest BCUT2D eigenvalue weighted by atomic mass is 16.5. The van der Waals surface area contributed by atoms with E-state index in [9.17, 15) is 4.79 Å². The summed E-state index contributed by atoms with van der Waals surface area (Å²) < 4.78 is 5.58. The van der Waals surface area contributed by atoms with Gasteiger partial charge in [-0.2, -0.15) is 0 Å². The molecule has 1 aromatic carbocycles. The molecule has 1 heterocycles. The third-order valence-corrected chi connectivity index (χ3v) is 5.55. The summed E-state index contributed by atoms with van der Waals surface area (Å²) >= 11 is 0. The van der Waals surface area contributed by atoms with Crippen molar-refractivity contribution < 1.29 is 9.53 Å². The first-order chi connectivity index (χ1) is 11.1. The van der Waals surface area contributed by atoms with E-state index in [0.717, 1.165) is 35.1 Å². The van der Waals surface area contributed by atoms with Crippen LogP contribution in [0.5, 0.6) is 5.75 Å². The molecule has 0 spiro atoms. The second-order valence-corrected chi connectivity index (χ2v) is 6.98. The Labute approximate surface area is 137 Å². The molecule has 1 saturated carbocycles. The van der Waals surface area contributed by atoms with E-state index in [1.807, 2.05) is 24.4 Å². The maximum atomic E-state index is 11.8. The van der Waals surface area contributed by atoms with Crippen LogP contribution in [0.15, 0.2) is 24.4 Å². The Kier molecular flexibility index (Phi) is 4.33. The number of hydrogen-bond donors (Lipinski definition) is 2. The SMILES string of the molecule is COc1cccc2[nH]cc(C(C)(CC(N)=O)C3CCCCC3)c12. The topological polar surface area (TPSA) is 68.1 Å². The summed E-state index contributed by atoms with van der Waals surface area (Å²) in [5.41, 5.74) is 7.58. The standard InChI is InChI=1S/C19H26N2O2/c1-19(11-17(20)22,13-7-4-3-5-8-13)14-12-21-15-9-6-10-16(23-2)18(14)15/h6,9-10,12-13,21H,3-5,7-8,11H2,1-2H3,(H2,20,22). The molecule has 0 saturated heterocycles. The van der Waals surface area contributed by atoms with Crippen LogP contribution in [0.1, 0.15) is 51.0 Å². The number of primary amides is 1. The lowest BCUT2D eigenvalue weighted by atomic mass is 9.64. The van der Waals surface area contributed by atoms with Crippen LogP contribution in [0, 0.1) is 5.92 Å². The molecule has 1 unspecified atom stereocenters. The number of aromatic amines is 1. The molecule has 1 amide bonds. The van der Waals surface area contributed by atoms with Gasteiger partial charge in [-0.15, -0.1) is 0 Å². The summed E-state index contributed by atoms with van der Waals surface area (Å²) in [5.74, 6) is 1.10. The van der Waals surface area contributed by atoms with Gasteiger partial charge in [0, 0.05) is 28.9 Å². The van der Waals surface area contributed by atoms with Gasteiger partial charge in [0.2, 0.25) is 5.91 Å². The van der Waals surface area contributed by atoms with Gasteiger partial charge in [0.25, 0.3) is 0 Å². The van der Waals surface area contributed by atoms with Crippen molar-refractivity contribution in [2.75, 3.05) is 7.11 Å². The molecular weight excluding hydrogens is 288 g/mol. The summed E-state index contributed by atoms with van der Waals surface area (Å²) in [5, 5.41) is 1.09. The molecule has 1 aliphatic carbocycles. The van der Waals surface area contributed by atoms with E-state index < -0.39 is 0 Å². The van der Waals surface area contributed by atoms with Crippen molar-refractivity contribution >= 4 is 16.8 Å². The van der Waals surface area contributed by atoms with Gasteiger partial charge in [-0.3, -0.25) is 4.79 Å². The van der Waals surface area contributed by atoms with Gasteiger partial charge in [0.1, 0.15) is 5.75 Å². The maximum absolute atomic E-state index is 11.8. The monoisotopic (exact) mass is 314 g/mol. The van der Waals surface area contributed by atoms with Crippen LogP contribution in [-0.4, -0.2) is 18.0 Å². The summed E-state index contributed by atoms with van der Waals surface area (Å²) in [6, 6.07) is 6.01. The van der Waals surface area contributed by atoms with Gasteiger partial charge in [0.15, 0.2) is 0 Å². The van der Waals surface area contributed by atoms with E-state index in [1.54, 1.807) is 7.11 Å². The van der Waals surface area contributed by atoms with Gasteiger partial charge in [0.05, 0.1) is 7.11 Å². The van der Waals surface area contributed by atoms with Gasteiger partial charge in [-0.05, 0) is 36.5 Å². The fourth-order valence-corrected chi connectivity index (χ4v) is 4.33. The lowest BCUT2D eigenvalue weighted by Gasteiger charge is -2.39. The highest BCUT2D eigenvalue weighted by molar-refractivity contribution is 5.91. The zero-order chi connectivity index (χ0) is 16.4. The van der Waals surface area contributed by atoms with Crippen molar-refractivity contribution in [1.29, 1.82) is 0 Å². The molecule has 4 heteroatoms. The largest absolute Gasteiger partial charge is 0.496 e. The molecule has 1 atom stereocenters. The Hall–Kier alpha value is -1.97. The van der Waals surface area contributed by atoms with Gasteiger partial charge in [-0.25, -0.2) is 0 Å². The van der Waals surface area contributed by atoms with E-state index in [2.05, 4.69) is 11.9 Å². The molecule has 0 radical (unpaired) electrons. The number of carbonyl (C=O) groups is 1. The number of nitrogens with one attached hydrogen (secondary N) is 1. The van der Waals surface area contributed by atoms with Crippen molar-refractivity contribution in [1.82, 2.24) is 4.98 Å². The zero-order valence-electron chi connectivity index (χ0n) is 14.0. The molecule has 3 rings (SSSR count). The predicted molar refractivity (Wildman–Crippen MR) is 92.6 cm³/mol. The Balaban J connectivity index is 2.14. The minimum Gasteiger partial charge on any atom is -0.496 e. The highest BCUT2D eigenvalue weighted by Crippen LogP contribution is 2.47. The summed E-state index contributed by atoms with van der Waals surface area (Å²) in [7, 11) is 1.69. The molecule has 0 aliphatic heterocycles. The minimum absolute atomic E-state index is 0.234. The van der Waals surface area contributed by atoms with E-state index in [-0.39, 0.29) is 11.3 Å².